The first-order valence-electron chi connectivity index (χ1n) is 17.9. The molecule has 0 bridgehead atoms. The molecule has 2 N–H and O–H groups in total. The molecule has 3 amide bonds. The Kier molecular flexibility index (Phi) is 9.91. The van der Waals surface area contributed by atoms with E-state index in [4.69, 9.17) is 4.74 Å². The van der Waals surface area contributed by atoms with Crippen LogP contribution in [-0.4, -0.2) is 116 Å². The highest BCUT2D eigenvalue weighted by molar-refractivity contribution is 6.05. The summed E-state index contributed by atoms with van der Waals surface area (Å²) in [4.78, 5) is 45.8. The molecule has 11 heteroatoms. The minimum absolute atomic E-state index is 0.0525. The van der Waals surface area contributed by atoms with Crippen LogP contribution < -0.4 is 15.5 Å². The predicted octanol–water partition coefficient (Wildman–Crippen LogP) is 2.75. The fourth-order valence-corrected chi connectivity index (χ4v) is 8.76. The second-order valence-corrected chi connectivity index (χ2v) is 14.6. The van der Waals surface area contributed by atoms with E-state index in [1.165, 1.54) is 82.9 Å². The smallest absolute Gasteiger partial charge is 0.255 e. The van der Waals surface area contributed by atoms with E-state index >= 15 is 4.39 Å². The van der Waals surface area contributed by atoms with Gasteiger partial charge in [0.25, 0.3) is 5.91 Å². The molecule has 1 saturated carbocycles. The van der Waals surface area contributed by atoms with Crippen LogP contribution in [0.5, 0.6) is 0 Å². The van der Waals surface area contributed by atoms with Gasteiger partial charge in [0.2, 0.25) is 11.8 Å². The summed E-state index contributed by atoms with van der Waals surface area (Å²) >= 11 is 0. The topological polar surface area (TPSA) is 97.5 Å². The number of ether oxygens (including phenoxy) is 1. The number of carbonyl (C=O) groups excluding carboxylic acids is 3. The third-order valence-electron chi connectivity index (χ3n) is 11.5. The van der Waals surface area contributed by atoms with Gasteiger partial charge >= 0.3 is 0 Å². The van der Waals surface area contributed by atoms with Gasteiger partial charge in [0, 0.05) is 69.9 Å². The molecule has 46 heavy (non-hydrogen) atoms. The number of fused-ring (bicyclic) bond motifs is 1. The minimum atomic E-state index is -0.743. The monoisotopic (exact) mass is 638 g/mol. The molecular weight excluding hydrogens is 587 g/mol. The summed E-state index contributed by atoms with van der Waals surface area (Å²) in [6.07, 6.45) is 10.2. The normalized spacial score (nSPS) is 30.5. The van der Waals surface area contributed by atoms with Gasteiger partial charge in [0.05, 0.1) is 24.4 Å². The zero-order valence-corrected chi connectivity index (χ0v) is 27.2. The molecular formula is C35H51FN6O4. The lowest BCUT2D eigenvalue weighted by Gasteiger charge is -2.40. The highest BCUT2D eigenvalue weighted by Gasteiger charge is 2.41. The van der Waals surface area contributed by atoms with E-state index in [9.17, 15) is 14.4 Å². The number of hydrogen-bond acceptors (Lipinski definition) is 8. The molecule has 1 unspecified atom stereocenters. The van der Waals surface area contributed by atoms with Crippen LogP contribution in [0.25, 0.3) is 0 Å². The molecule has 1 aromatic rings. The molecule has 2 atom stereocenters. The summed E-state index contributed by atoms with van der Waals surface area (Å²) in [5, 5.41) is 5.86. The van der Waals surface area contributed by atoms with Crippen molar-refractivity contribution in [2.75, 3.05) is 70.3 Å². The Labute approximate surface area is 272 Å². The van der Waals surface area contributed by atoms with Crippen molar-refractivity contribution < 1.29 is 23.5 Å². The van der Waals surface area contributed by atoms with E-state index in [-0.39, 0.29) is 43.1 Å². The predicted molar refractivity (Wildman–Crippen MR) is 173 cm³/mol. The van der Waals surface area contributed by atoms with Gasteiger partial charge in [-0.15, -0.1) is 0 Å². The second-order valence-electron chi connectivity index (χ2n) is 14.6. The van der Waals surface area contributed by atoms with Crippen molar-refractivity contribution in [2.24, 2.45) is 11.8 Å². The third kappa shape index (κ3) is 7.12. The van der Waals surface area contributed by atoms with Gasteiger partial charge in [-0.1, -0.05) is 0 Å². The molecule has 0 aromatic heterocycles. The molecule has 0 radical (unpaired) electrons. The molecule has 4 saturated heterocycles. The Balaban J connectivity index is 0.829. The van der Waals surface area contributed by atoms with Crippen molar-refractivity contribution in [1.82, 2.24) is 25.3 Å². The van der Waals surface area contributed by atoms with Crippen molar-refractivity contribution in [2.45, 2.75) is 89.0 Å². The quantitative estimate of drug-likeness (QED) is 0.420. The maximum absolute atomic E-state index is 15.8. The Morgan fingerprint density at radius 2 is 1.50 bits per heavy atom. The lowest BCUT2D eigenvalue weighted by molar-refractivity contribution is -0.136. The van der Waals surface area contributed by atoms with Crippen molar-refractivity contribution >= 4 is 23.4 Å². The molecule has 1 aliphatic carbocycles. The highest BCUT2D eigenvalue weighted by Crippen LogP contribution is 2.36. The maximum atomic E-state index is 15.8. The summed E-state index contributed by atoms with van der Waals surface area (Å²) < 4.78 is 22.4. The van der Waals surface area contributed by atoms with Crippen LogP contribution in [0.1, 0.15) is 80.1 Å². The molecule has 7 rings (SSSR count). The van der Waals surface area contributed by atoms with Crippen LogP contribution in [0.3, 0.4) is 0 Å². The van der Waals surface area contributed by atoms with Crippen LogP contribution in [-0.2, 0) is 20.9 Å². The summed E-state index contributed by atoms with van der Waals surface area (Å²) in [5.74, 6) is 0.0707. The zero-order valence-electron chi connectivity index (χ0n) is 27.2. The highest BCUT2D eigenvalue weighted by atomic mass is 19.1. The largest absolute Gasteiger partial charge is 0.375 e. The number of amides is 3. The third-order valence-corrected chi connectivity index (χ3v) is 11.5. The zero-order chi connectivity index (χ0) is 31.6. The molecule has 5 aliphatic heterocycles. The van der Waals surface area contributed by atoms with E-state index in [2.05, 4.69) is 25.3 Å². The number of anilines is 1. The standard InChI is InChI=1S/C35H51FN6O4/c36-33-29-23-42(31-9-10-32(43)38-34(31)44)35(45)28(29)7-8-30(33)41-14-11-27(12-15-41)46-26-5-3-24(4-6-26)21-39-16-18-40(19-17-39)22-25-2-1-13-37-20-25/h7-8,24-27,31,37H,1-6,9-23H2,(H,38,43,44)/t24?,25-,26?,31?/m0/s1. The fraction of sp³-hybridized carbons (Fsp3) is 0.743. The van der Waals surface area contributed by atoms with Crippen LogP contribution in [0, 0.1) is 17.7 Å². The molecule has 6 aliphatic rings. The second kappa shape index (κ2) is 14.3. The van der Waals surface area contributed by atoms with E-state index in [1.54, 1.807) is 12.1 Å². The molecule has 5 heterocycles. The van der Waals surface area contributed by atoms with Gasteiger partial charge in [-0.3, -0.25) is 19.7 Å². The van der Waals surface area contributed by atoms with E-state index in [0.717, 1.165) is 37.5 Å². The van der Waals surface area contributed by atoms with E-state index in [1.807, 2.05) is 0 Å². The van der Waals surface area contributed by atoms with Gasteiger partial charge in [-0.25, -0.2) is 4.39 Å². The number of halogens is 1. The van der Waals surface area contributed by atoms with E-state index < -0.39 is 11.9 Å². The van der Waals surface area contributed by atoms with Crippen molar-refractivity contribution in [3.63, 3.8) is 0 Å². The van der Waals surface area contributed by atoms with Crippen molar-refractivity contribution in [3.05, 3.63) is 29.1 Å². The number of rotatable bonds is 8. The summed E-state index contributed by atoms with van der Waals surface area (Å²) in [5.41, 5.74) is 1.18. The summed E-state index contributed by atoms with van der Waals surface area (Å²) in [6, 6.07) is 2.65. The lowest BCUT2D eigenvalue weighted by atomic mass is 9.86. The first-order valence-corrected chi connectivity index (χ1v) is 17.9. The SMILES string of the molecule is O=C1CCC(N2Cc3c(ccc(N4CCC(OC5CCC(CN6CCN(C[C@H]7CCCNC7)CC6)CC5)CC4)c3F)C2=O)C(=O)N1. The number of nitrogens with zero attached hydrogens (tertiary/aromatic N) is 4. The molecule has 1 aromatic carbocycles. The Morgan fingerprint density at radius 3 is 2.17 bits per heavy atom. The number of benzene rings is 1. The van der Waals surface area contributed by atoms with Crippen LogP contribution >= 0.6 is 0 Å². The minimum Gasteiger partial charge on any atom is -0.375 e. The molecule has 252 valence electrons. The van der Waals surface area contributed by atoms with Gasteiger partial charge in [-0.2, -0.15) is 0 Å². The fourth-order valence-electron chi connectivity index (χ4n) is 8.76. The summed E-state index contributed by atoms with van der Waals surface area (Å²) in [6.45, 7) is 11.2. The van der Waals surface area contributed by atoms with Gasteiger partial charge < -0.3 is 29.7 Å². The average molecular weight is 639 g/mol. The Morgan fingerprint density at radius 1 is 0.804 bits per heavy atom. The number of carbonyl (C=O) groups is 3. The Hall–Kier alpha value is -2.60. The maximum Gasteiger partial charge on any atom is 0.255 e. The number of piperazine rings is 1. The summed E-state index contributed by atoms with van der Waals surface area (Å²) in [7, 11) is 0. The average Bonchev–Trinajstić information content (AvgIpc) is 3.40. The molecule has 10 nitrogen and oxygen atoms in total. The first kappa shape index (κ1) is 32.0. The van der Waals surface area contributed by atoms with Crippen LogP contribution in [0.15, 0.2) is 12.1 Å². The molecule has 5 fully saturated rings. The first-order chi connectivity index (χ1) is 22.4. The van der Waals surface area contributed by atoms with Gasteiger partial charge in [-0.05, 0) is 94.8 Å². The molecule has 0 spiro atoms. The number of hydrogen-bond donors (Lipinski definition) is 2. The lowest BCUT2D eigenvalue weighted by Crippen LogP contribution is -2.52. The van der Waals surface area contributed by atoms with Crippen molar-refractivity contribution in [3.8, 4) is 0 Å². The Bertz CT molecular complexity index is 1270. The van der Waals surface area contributed by atoms with E-state index in [0.29, 0.717) is 36.0 Å². The van der Waals surface area contributed by atoms with Crippen molar-refractivity contribution in [1.29, 1.82) is 0 Å². The van der Waals surface area contributed by atoms with Crippen LogP contribution in [0.4, 0.5) is 10.1 Å². The number of imide groups is 1. The number of piperidine rings is 3. The van der Waals surface area contributed by atoms with Gasteiger partial charge in [0.1, 0.15) is 6.04 Å². The van der Waals surface area contributed by atoms with Crippen LogP contribution in [0.2, 0.25) is 0 Å². The van der Waals surface area contributed by atoms with Gasteiger partial charge in [0.15, 0.2) is 5.82 Å². The number of nitrogens with one attached hydrogen (secondary N) is 2.